The number of nitrogens with zero attached hydrogens (tertiary/aromatic N) is 3. The first-order valence-corrected chi connectivity index (χ1v) is 11.3. The van der Waals surface area contributed by atoms with Crippen molar-refractivity contribution in [2.24, 2.45) is 11.7 Å². The van der Waals surface area contributed by atoms with Gasteiger partial charge in [-0.25, -0.2) is 0 Å². The van der Waals surface area contributed by atoms with Gasteiger partial charge in [-0.1, -0.05) is 38.1 Å². The van der Waals surface area contributed by atoms with Gasteiger partial charge in [0.25, 0.3) is 0 Å². The summed E-state index contributed by atoms with van der Waals surface area (Å²) in [4.78, 5) is 16.4. The zero-order valence-corrected chi connectivity index (χ0v) is 18.5. The summed E-state index contributed by atoms with van der Waals surface area (Å²) in [7, 11) is 0. The van der Waals surface area contributed by atoms with Gasteiger partial charge in [-0.3, -0.25) is 9.69 Å². The minimum atomic E-state index is -0.501. The molecule has 7 heteroatoms. The first-order valence-electron chi connectivity index (χ1n) is 10.4. The number of anilines is 1. The Morgan fingerprint density at radius 3 is 2.57 bits per heavy atom. The highest BCUT2D eigenvalue weighted by Gasteiger charge is 2.27. The molecule has 2 heterocycles. The maximum atomic E-state index is 12.2. The van der Waals surface area contributed by atoms with Crippen LogP contribution in [0.15, 0.2) is 35.0 Å². The second-order valence-corrected chi connectivity index (χ2v) is 8.83. The molecule has 30 heavy (non-hydrogen) atoms. The predicted molar refractivity (Wildman–Crippen MR) is 121 cm³/mol. The smallest absolute Gasteiger partial charge is 0.240 e. The molecular weight excluding hydrogens is 396 g/mol. The number of primary amides is 1. The third-order valence-electron chi connectivity index (χ3n) is 5.37. The molecule has 1 atom stereocenters. The molecule has 0 unspecified atom stereocenters. The number of nitriles is 1. The summed E-state index contributed by atoms with van der Waals surface area (Å²) in [6.07, 6.45) is 0.616. The van der Waals surface area contributed by atoms with E-state index in [4.69, 9.17) is 10.5 Å². The van der Waals surface area contributed by atoms with Crippen molar-refractivity contribution in [2.75, 3.05) is 37.7 Å². The second-order valence-electron chi connectivity index (χ2n) is 8.09. The van der Waals surface area contributed by atoms with Gasteiger partial charge < -0.3 is 15.4 Å². The third kappa shape index (κ3) is 5.60. The van der Waals surface area contributed by atoms with Crippen LogP contribution in [0.1, 0.15) is 25.8 Å². The van der Waals surface area contributed by atoms with E-state index in [9.17, 15) is 10.1 Å². The number of morpholine rings is 1. The summed E-state index contributed by atoms with van der Waals surface area (Å²) in [6.45, 7) is 8.67. The van der Waals surface area contributed by atoms with Crippen LogP contribution in [0.5, 0.6) is 0 Å². The summed E-state index contributed by atoms with van der Waals surface area (Å²) < 4.78 is 5.42. The minimum absolute atomic E-state index is 0.124. The fraction of sp³-hybridized carbons (Fsp3) is 0.478. The number of hydrogen-bond acceptors (Lipinski definition) is 6. The highest BCUT2D eigenvalue weighted by molar-refractivity contribution is 7.08. The van der Waals surface area contributed by atoms with Crippen molar-refractivity contribution in [1.82, 2.24) is 4.90 Å². The van der Waals surface area contributed by atoms with E-state index in [1.54, 1.807) is 11.3 Å². The van der Waals surface area contributed by atoms with E-state index < -0.39 is 11.9 Å². The van der Waals surface area contributed by atoms with Crippen LogP contribution in [-0.2, 0) is 16.1 Å². The van der Waals surface area contributed by atoms with Crippen molar-refractivity contribution in [1.29, 1.82) is 5.26 Å². The molecule has 1 aromatic heterocycles. The Labute approximate surface area is 182 Å². The van der Waals surface area contributed by atoms with E-state index in [0.29, 0.717) is 12.3 Å². The molecule has 6 nitrogen and oxygen atoms in total. The van der Waals surface area contributed by atoms with Crippen LogP contribution in [0.25, 0.3) is 11.1 Å². The number of thiophene rings is 1. The van der Waals surface area contributed by atoms with Crippen LogP contribution in [0, 0.1) is 17.2 Å². The predicted octanol–water partition coefficient (Wildman–Crippen LogP) is 3.48. The first-order chi connectivity index (χ1) is 14.5. The maximum Gasteiger partial charge on any atom is 0.240 e. The molecule has 2 aromatic rings. The van der Waals surface area contributed by atoms with E-state index >= 15 is 0 Å². The zero-order valence-electron chi connectivity index (χ0n) is 17.7. The lowest BCUT2D eigenvalue weighted by molar-refractivity contribution is -0.119. The standard InChI is InChI=1S/C23H30N4O2S/c1-17(2)13-21(23(25)28)27(8-7-24)22-16-30-15-20(22)19-5-3-18(4-6-19)14-26-9-11-29-12-10-26/h3-6,15-17,21H,8-14H2,1-2H3,(H2,25,28)/t21-/m0/s1. The average molecular weight is 427 g/mol. The molecule has 0 aliphatic carbocycles. The topological polar surface area (TPSA) is 82.6 Å². The Morgan fingerprint density at radius 2 is 1.97 bits per heavy atom. The Hall–Kier alpha value is -2.40. The highest BCUT2D eigenvalue weighted by Crippen LogP contribution is 2.36. The molecule has 0 bridgehead atoms. The number of nitrogens with two attached hydrogens (primary N) is 1. The Morgan fingerprint density at radius 1 is 1.27 bits per heavy atom. The van der Waals surface area contributed by atoms with Gasteiger partial charge in [-0.05, 0) is 23.5 Å². The number of benzene rings is 1. The molecule has 1 aromatic carbocycles. The molecular formula is C23H30N4O2S. The van der Waals surface area contributed by atoms with Crippen molar-refractivity contribution in [3.63, 3.8) is 0 Å². The molecule has 2 N–H and O–H groups in total. The Kier molecular flexibility index (Phi) is 7.86. The van der Waals surface area contributed by atoms with Crippen LogP contribution in [0.3, 0.4) is 0 Å². The number of ether oxygens (including phenoxy) is 1. The van der Waals surface area contributed by atoms with Gasteiger partial charge in [-0.15, -0.1) is 11.3 Å². The van der Waals surface area contributed by atoms with Gasteiger partial charge in [0.2, 0.25) is 5.91 Å². The van der Waals surface area contributed by atoms with Gasteiger partial charge in [0.1, 0.15) is 12.6 Å². The van der Waals surface area contributed by atoms with Crippen molar-refractivity contribution in [2.45, 2.75) is 32.9 Å². The van der Waals surface area contributed by atoms with Crippen LogP contribution < -0.4 is 10.6 Å². The van der Waals surface area contributed by atoms with Gasteiger partial charge in [0, 0.05) is 36.0 Å². The molecule has 0 spiro atoms. The minimum Gasteiger partial charge on any atom is -0.379 e. The zero-order chi connectivity index (χ0) is 21.5. The summed E-state index contributed by atoms with van der Waals surface area (Å²) in [5, 5.41) is 13.5. The van der Waals surface area contributed by atoms with Gasteiger partial charge in [-0.2, -0.15) is 5.26 Å². The number of amides is 1. The molecule has 1 fully saturated rings. The van der Waals surface area contributed by atoms with E-state index in [-0.39, 0.29) is 6.54 Å². The Bertz CT molecular complexity index is 866. The first kappa shape index (κ1) is 22.3. The molecule has 160 valence electrons. The summed E-state index contributed by atoms with van der Waals surface area (Å²) >= 11 is 1.57. The summed E-state index contributed by atoms with van der Waals surface area (Å²) in [6, 6.07) is 10.2. The average Bonchev–Trinajstić information content (AvgIpc) is 3.21. The maximum absolute atomic E-state index is 12.2. The van der Waals surface area contributed by atoms with E-state index in [1.807, 2.05) is 10.3 Å². The van der Waals surface area contributed by atoms with Crippen molar-refractivity contribution >= 4 is 22.9 Å². The second kappa shape index (κ2) is 10.6. The lowest BCUT2D eigenvalue weighted by Gasteiger charge is -2.31. The largest absolute Gasteiger partial charge is 0.379 e. The van der Waals surface area contributed by atoms with E-state index in [2.05, 4.69) is 54.5 Å². The lowest BCUT2D eigenvalue weighted by atomic mass is 9.99. The SMILES string of the molecule is CC(C)C[C@@H](C(N)=O)N(CC#N)c1cscc1-c1ccc(CN2CCOCC2)cc1. The van der Waals surface area contributed by atoms with Crippen LogP contribution in [0.4, 0.5) is 5.69 Å². The molecule has 1 aliphatic rings. The van der Waals surface area contributed by atoms with Crippen molar-refractivity contribution in [3.8, 4) is 17.2 Å². The van der Waals surface area contributed by atoms with Gasteiger partial charge in [0.15, 0.2) is 0 Å². The summed E-state index contributed by atoms with van der Waals surface area (Å²) in [5.74, 6) is -0.0952. The third-order valence-corrected chi connectivity index (χ3v) is 6.10. The molecule has 1 saturated heterocycles. The summed E-state index contributed by atoms with van der Waals surface area (Å²) in [5.41, 5.74) is 9.99. The van der Waals surface area contributed by atoms with Gasteiger partial charge in [0.05, 0.1) is 25.0 Å². The number of carbonyl (C=O) groups excluding carboxylic acids is 1. The molecule has 1 amide bonds. The van der Waals surface area contributed by atoms with Crippen molar-refractivity contribution < 1.29 is 9.53 Å². The number of hydrogen-bond donors (Lipinski definition) is 1. The normalized spacial score (nSPS) is 15.7. The van der Waals surface area contributed by atoms with Crippen LogP contribution >= 0.6 is 11.3 Å². The van der Waals surface area contributed by atoms with Crippen LogP contribution in [-0.4, -0.2) is 49.7 Å². The van der Waals surface area contributed by atoms with Crippen molar-refractivity contribution in [3.05, 3.63) is 40.6 Å². The monoisotopic (exact) mass is 426 g/mol. The fourth-order valence-electron chi connectivity index (χ4n) is 3.82. The molecule has 0 radical (unpaired) electrons. The molecule has 0 saturated carbocycles. The molecule has 1 aliphatic heterocycles. The fourth-order valence-corrected chi connectivity index (χ4v) is 4.67. The van der Waals surface area contributed by atoms with Gasteiger partial charge >= 0.3 is 0 Å². The highest BCUT2D eigenvalue weighted by atomic mass is 32.1. The lowest BCUT2D eigenvalue weighted by Crippen LogP contribution is -2.46. The van der Waals surface area contributed by atoms with Crippen LogP contribution in [0.2, 0.25) is 0 Å². The number of carbonyl (C=O) groups is 1. The number of rotatable bonds is 9. The van der Waals surface area contributed by atoms with E-state index in [0.717, 1.165) is 49.7 Å². The van der Waals surface area contributed by atoms with E-state index in [1.165, 1.54) is 5.56 Å². The Balaban J connectivity index is 1.83. The quantitative estimate of drug-likeness (QED) is 0.621. The molecule has 3 rings (SSSR count).